The average molecular weight is 321 g/mol. The fourth-order valence-electron chi connectivity index (χ4n) is 2.38. The van der Waals surface area contributed by atoms with Crippen LogP contribution in [0.1, 0.15) is 29.8 Å². The summed E-state index contributed by atoms with van der Waals surface area (Å²) in [6, 6.07) is 15.2. The summed E-state index contributed by atoms with van der Waals surface area (Å²) < 4.78 is 5.36. The molecule has 0 atom stereocenters. The Hall–Kier alpha value is -2.95. The number of hydrogen-bond acceptors (Lipinski definition) is 4. The maximum absolute atomic E-state index is 12.1. The van der Waals surface area contributed by atoms with Gasteiger partial charge in [-0.1, -0.05) is 35.0 Å². The number of hydrogen-bond donors (Lipinski definition) is 1. The molecule has 0 aliphatic heterocycles. The van der Waals surface area contributed by atoms with E-state index in [1.807, 2.05) is 57.2 Å². The highest BCUT2D eigenvalue weighted by Gasteiger charge is 2.13. The predicted molar refractivity (Wildman–Crippen MR) is 92.5 cm³/mol. The molecule has 3 aromatic rings. The lowest BCUT2D eigenvalue weighted by atomic mass is 10.1. The summed E-state index contributed by atoms with van der Waals surface area (Å²) >= 11 is 0. The Morgan fingerprint density at radius 3 is 2.58 bits per heavy atom. The minimum Gasteiger partial charge on any atom is -0.350 e. The smallest absolute Gasteiger partial charge is 0.258 e. The van der Waals surface area contributed by atoms with Crippen molar-refractivity contribution in [2.45, 2.75) is 26.8 Å². The highest BCUT2D eigenvalue weighted by molar-refractivity contribution is 5.95. The van der Waals surface area contributed by atoms with Crippen molar-refractivity contribution in [3.05, 3.63) is 59.7 Å². The van der Waals surface area contributed by atoms with E-state index in [4.69, 9.17) is 4.52 Å². The monoisotopic (exact) mass is 321 g/mol. The first-order chi connectivity index (χ1) is 11.5. The van der Waals surface area contributed by atoms with Crippen molar-refractivity contribution in [1.29, 1.82) is 0 Å². The minimum atomic E-state index is -0.116. The third kappa shape index (κ3) is 3.51. The highest BCUT2D eigenvalue weighted by Crippen LogP contribution is 2.23. The van der Waals surface area contributed by atoms with Gasteiger partial charge in [0.05, 0.1) is 0 Å². The molecule has 0 radical (unpaired) electrons. The van der Waals surface area contributed by atoms with Gasteiger partial charge in [-0.2, -0.15) is 4.98 Å². The lowest BCUT2D eigenvalue weighted by Gasteiger charge is -2.08. The van der Waals surface area contributed by atoms with E-state index < -0.39 is 0 Å². The molecule has 1 amide bonds. The number of aryl methyl sites for hydroxylation is 1. The average Bonchev–Trinajstić information content (AvgIpc) is 3.04. The van der Waals surface area contributed by atoms with E-state index >= 15 is 0 Å². The summed E-state index contributed by atoms with van der Waals surface area (Å²) in [6.07, 6.45) is 0. The van der Waals surface area contributed by atoms with Crippen LogP contribution in [-0.4, -0.2) is 22.1 Å². The van der Waals surface area contributed by atoms with E-state index in [0.29, 0.717) is 17.3 Å². The molecule has 0 spiro atoms. The largest absolute Gasteiger partial charge is 0.350 e. The van der Waals surface area contributed by atoms with E-state index in [1.54, 1.807) is 12.1 Å². The van der Waals surface area contributed by atoms with Gasteiger partial charge in [-0.15, -0.1) is 0 Å². The number of carbonyl (C=O) groups is 1. The zero-order chi connectivity index (χ0) is 17.1. The second kappa shape index (κ2) is 6.66. The number of nitrogens with one attached hydrogen (secondary N) is 1. The van der Waals surface area contributed by atoms with Crippen LogP contribution in [0.15, 0.2) is 53.1 Å². The maximum Gasteiger partial charge on any atom is 0.258 e. The maximum atomic E-state index is 12.1. The van der Waals surface area contributed by atoms with Gasteiger partial charge in [-0.05, 0) is 45.0 Å². The summed E-state index contributed by atoms with van der Waals surface area (Å²) in [6.45, 7) is 5.86. The van der Waals surface area contributed by atoms with Crippen molar-refractivity contribution in [3.63, 3.8) is 0 Å². The molecule has 0 saturated heterocycles. The molecule has 1 heterocycles. The van der Waals surface area contributed by atoms with E-state index in [1.165, 1.54) is 0 Å². The van der Waals surface area contributed by atoms with Crippen LogP contribution in [0.2, 0.25) is 0 Å². The second-order valence-electron chi connectivity index (χ2n) is 6.00. The Balaban J connectivity index is 1.89. The Morgan fingerprint density at radius 1 is 1.08 bits per heavy atom. The van der Waals surface area contributed by atoms with Gasteiger partial charge in [0.15, 0.2) is 0 Å². The predicted octanol–water partition coefficient (Wildman–Crippen LogP) is 3.85. The molecule has 0 bridgehead atoms. The van der Waals surface area contributed by atoms with Crippen LogP contribution >= 0.6 is 0 Å². The first-order valence-electron chi connectivity index (χ1n) is 7.85. The van der Waals surface area contributed by atoms with Crippen LogP contribution in [0.25, 0.3) is 22.8 Å². The minimum absolute atomic E-state index is 0.0826. The van der Waals surface area contributed by atoms with Crippen molar-refractivity contribution >= 4 is 5.91 Å². The van der Waals surface area contributed by atoms with Crippen molar-refractivity contribution in [3.8, 4) is 22.8 Å². The van der Waals surface area contributed by atoms with Crippen molar-refractivity contribution in [1.82, 2.24) is 15.5 Å². The number of aromatic nitrogens is 2. The summed E-state index contributed by atoms with van der Waals surface area (Å²) in [4.78, 5) is 16.6. The molecule has 24 heavy (non-hydrogen) atoms. The molecule has 0 fully saturated rings. The van der Waals surface area contributed by atoms with Crippen LogP contribution in [0.4, 0.5) is 0 Å². The van der Waals surface area contributed by atoms with E-state index in [-0.39, 0.29) is 11.9 Å². The fraction of sp³-hybridized carbons (Fsp3) is 0.211. The zero-order valence-electron chi connectivity index (χ0n) is 13.9. The number of carbonyl (C=O) groups excluding carboxylic acids is 1. The van der Waals surface area contributed by atoms with Gasteiger partial charge in [-0.25, -0.2) is 0 Å². The fourth-order valence-corrected chi connectivity index (χ4v) is 2.38. The Morgan fingerprint density at radius 2 is 1.83 bits per heavy atom. The van der Waals surface area contributed by atoms with Gasteiger partial charge in [0.1, 0.15) is 0 Å². The van der Waals surface area contributed by atoms with Crippen LogP contribution < -0.4 is 5.32 Å². The van der Waals surface area contributed by atoms with Crippen LogP contribution in [0.3, 0.4) is 0 Å². The van der Waals surface area contributed by atoms with E-state index in [9.17, 15) is 4.79 Å². The standard InChI is InChI=1S/C19H19N3O2/c1-12(2)20-18(23)15-8-5-7-14(11-15)17-21-19(24-22-17)16-9-4-6-13(3)10-16/h4-12H,1-3H3,(H,20,23). The molecule has 1 aromatic heterocycles. The Labute approximate surface area is 140 Å². The van der Waals surface area contributed by atoms with E-state index in [2.05, 4.69) is 15.5 Å². The molecule has 1 N–H and O–H groups in total. The summed E-state index contributed by atoms with van der Waals surface area (Å²) in [5.74, 6) is 0.811. The van der Waals surface area contributed by atoms with Crippen LogP contribution in [0.5, 0.6) is 0 Å². The first-order valence-corrected chi connectivity index (χ1v) is 7.85. The molecule has 5 heteroatoms. The van der Waals surface area contributed by atoms with Crippen LogP contribution in [0, 0.1) is 6.92 Å². The van der Waals surface area contributed by atoms with Gasteiger partial charge in [0.2, 0.25) is 5.82 Å². The molecule has 5 nitrogen and oxygen atoms in total. The normalized spacial score (nSPS) is 10.8. The van der Waals surface area contributed by atoms with Gasteiger partial charge >= 0.3 is 0 Å². The molecule has 0 saturated carbocycles. The molecule has 2 aromatic carbocycles. The molecular weight excluding hydrogens is 302 g/mol. The summed E-state index contributed by atoms with van der Waals surface area (Å²) in [5.41, 5.74) is 3.32. The molecule has 0 aliphatic carbocycles. The van der Waals surface area contributed by atoms with Gasteiger partial charge < -0.3 is 9.84 Å². The molecule has 0 unspecified atom stereocenters. The van der Waals surface area contributed by atoms with Crippen molar-refractivity contribution < 1.29 is 9.32 Å². The zero-order valence-corrected chi connectivity index (χ0v) is 13.9. The van der Waals surface area contributed by atoms with Gasteiger partial charge in [0, 0.05) is 22.7 Å². The first kappa shape index (κ1) is 15.9. The van der Waals surface area contributed by atoms with Crippen molar-refractivity contribution in [2.24, 2.45) is 0 Å². The van der Waals surface area contributed by atoms with Gasteiger partial charge in [0.25, 0.3) is 11.8 Å². The SMILES string of the molecule is Cc1cccc(-c2nc(-c3cccc(C(=O)NC(C)C)c3)no2)c1. The van der Waals surface area contributed by atoms with E-state index in [0.717, 1.165) is 16.7 Å². The number of rotatable bonds is 4. The quantitative estimate of drug-likeness (QED) is 0.792. The van der Waals surface area contributed by atoms with Crippen molar-refractivity contribution in [2.75, 3.05) is 0 Å². The number of benzene rings is 2. The Bertz CT molecular complexity index is 868. The highest BCUT2D eigenvalue weighted by atomic mass is 16.5. The third-order valence-corrected chi connectivity index (χ3v) is 3.49. The third-order valence-electron chi connectivity index (χ3n) is 3.49. The van der Waals surface area contributed by atoms with Crippen LogP contribution in [-0.2, 0) is 0 Å². The lowest BCUT2D eigenvalue weighted by molar-refractivity contribution is 0.0943. The lowest BCUT2D eigenvalue weighted by Crippen LogP contribution is -2.30. The summed E-state index contributed by atoms with van der Waals surface area (Å²) in [7, 11) is 0. The summed E-state index contributed by atoms with van der Waals surface area (Å²) in [5, 5.41) is 6.91. The molecular formula is C19H19N3O2. The van der Waals surface area contributed by atoms with Gasteiger partial charge in [-0.3, -0.25) is 4.79 Å². The molecule has 3 rings (SSSR count). The molecule has 122 valence electrons. The number of amides is 1. The second-order valence-corrected chi connectivity index (χ2v) is 6.00. The molecule has 0 aliphatic rings. The Kier molecular flexibility index (Phi) is 4.42. The topological polar surface area (TPSA) is 68.0 Å². The number of nitrogens with zero attached hydrogens (tertiary/aromatic N) is 2.